The molecule has 5 heteroatoms. The lowest BCUT2D eigenvalue weighted by Crippen LogP contribution is -2.50. The monoisotopic (exact) mass is 310 g/mol. The molecule has 0 saturated carbocycles. The van der Waals surface area contributed by atoms with Gasteiger partial charge < -0.3 is 9.80 Å². The number of hydrogen-bond acceptors (Lipinski definition) is 2. The van der Waals surface area contributed by atoms with Crippen LogP contribution in [0.4, 0.5) is 0 Å². The van der Waals surface area contributed by atoms with Crippen molar-refractivity contribution < 1.29 is 9.59 Å². The summed E-state index contributed by atoms with van der Waals surface area (Å²) in [5.74, 6) is -0.0952. The Morgan fingerprint density at radius 2 is 2.00 bits per heavy atom. The van der Waals surface area contributed by atoms with Crippen molar-refractivity contribution in [2.24, 2.45) is 0 Å². The summed E-state index contributed by atoms with van der Waals surface area (Å²) in [5, 5.41) is 0. The maximum atomic E-state index is 12.3. The van der Waals surface area contributed by atoms with Gasteiger partial charge in [0, 0.05) is 30.2 Å². The van der Waals surface area contributed by atoms with E-state index in [2.05, 4.69) is 15.9 Å². The molecule has 1 aliphatic heterocycles. The Morgan fingerprint density at radius 3 is 2.61 bits per heavy atom. The average Bonchev–Trinajstić information content (AvgIpc) is 2.30. The third-order valence-electron chi connectivity index (χ3n) is 3.03. The highest BCUT2D eigenvalue weighted by atomic mass is 79.9. The summed E-state index contributed by atoms with van der Waals surface area (Å²) >= 11 is 3.38. The van der Waals surface area contributed by atoms with Crippen molar-refractivity contribution in [3.05, 3.63) is 33.8 Å². The predicted octanol–water partition coefficient (Wildman–Crippen LogP) is 1.67. The van der Waals surface area contributed by atoms with Crippen molar-refractivity contribution >= 4 is 27.7 Å². The first-order chi connectivity index (χ1) is 8.47. The molecule has 0 unspecified atom stereocenters. The summed E-state index contributed by atoms with van der Waals surface area (Å²) < 4.78 is 0.881. The maximum Gasteiger partial charge on any atom is 0.254 e. The molecule has 0 N–H and O–H groups in total. The number of rotatable bonds is 1. The van der Waals surface area contributed by atoms with Gasteiger partial charge in [-0.15, -0.1) is 0 Å². The lowest BCUT2D eigenvalue weighted by Gasteiger charge is -2.32. The zero-order valence-electron chi connectivity index (χ0n) is 10.4. The van der Waals surface area contributed by atoms with Crippen LogP contribution in [0.2, 0.25) is 0 Å². The van der Waals surface area contributed by atoms with Crippen molar-refractivity contribution in [3.8, 4) is 0 Å². The molecule has 0 aromatic heterocycles. The van der Waals surface area contributed by atoms with Crippen LogP contribution in [0, 0.1) is 6.92 Å². The van der Waals surface area contributed by atoms with Gasteiger partial charge in [0.1, 0.15) is 6.54 Å². The number of amides is 2. The van der Waals surface area contributed by atoms with Crippen LogP contribution < -0.4 is 0 Å². The van der Waals surface area contributed by atoms with Gasteiger partial charge in [-0.25, -0.2) is 0 Å². The van der Waals surface area contributed by atoms with Gasteiger partial charge >= 0.3 is 0 Å². The summed E-state index contributed by atoms with van der Waals surface area (Å²) in [7, 11) is 1.76. The van der Waals surface area contributed by atoms with Crippen molar-refractivity contribution in [1.82, 2.24) is 9.80 Å². The molecule has 2 rings (SSSR count). The number of carbonyl (C=O) groups excluding carboxylic acids is 2. The summed E-state index contributed by atoms with van der Waals surface area (Å²) in [6, 6.07) is 5.58. The molecule has 96 valence electrons. The van der Waals surface area contributed by atoms with E-state index in [0.717, 1.165) is 10.0 Å². The number of nitrogens with zero attached hydrogens (tertiary/aromatic N) is 2. The molecule has 0 radical (unpaired) electrons. The number of aryl methyl sites for hydroxylation is 1. The highest BCUT2D eigenvalue weighted by Crippen LogP contribution is 2.17. The van der Waals surface area contributed by atoms with Crippen LogP contribution in [-0.4, -0.2) is 48.3 Å². The zero-order chi connectivity index (χ0) is 13.3. The molecule has 0 atom stereocenters. The molecule has 2 amide bonds. The molecule has 1 aromatic rings. The molecule has 1 saturated heterocycles. The van der Waals surface area contributed by atoms with E-state index in [1.54, 1.807) is 22.9 Å². The summed E-state index contributed by atoms with van der Waals surface area (Å²) in [5.41, 5.74) is 1.65. The topological polar surface area (TPSA) is 40.6 Å². The molecular formula is C13H15BrN2O2. The van der Waals surface area contributed by atoms with Crippen LogP contribution in [0.3, 0.4) is 0 Å². The number of piperazine rings is 1. The summed E-state index contributed by atoms with van der Waals surface area (Å²) in [6.07, 6.45) is 0. The molecule has 1 fully saturated rings. The first-order valence-electron chi connectivity index (χ1n) is 5.78. The van der Waals surface area contributed by atoms with Crippen LogP contribution in [-0.2, 0) is 4.79 Å². The molecule has 18 heavy (non-hydrogen) atoms. The van der Waals surface area contributed by atoms with Crippen molar-refractivity contribution in [2.45, 2.75) is 6.92 Å². The molecule has 1 aromatic carbocycles. The molecule has 1 heterocycles. The number of halogens is 1. The minimum Gasteiger partial charge on any atom is -0.342 e. The molecule has 4 nitrogen and oxygen atoms in total. The Labute approximate surface area is 115 Å². The van der Waals surface area contributed by atoms with Crippen LogP contribution in [0.5, 0.6) is 0 Å². The maximum absolute atomic E-state index is 12.3. The van der Waals surface area contributed by atoms with Gasteiger partial charge in [0.2, 0.25) is 5.91 Å². The first kappa shape index (κ1) is 13.1. The van der Waals surface area contributed by atoms with E-state index in [0.29, 0.717) is 18.7 Å². The SMILES string of the molecule is Cc1cc(Br)cc(C(=O)N2CCN(C)C(=O)C2)c1. The number of benzene rings is 1. The standard InChI is InChI=1S/C13H15BrN2O2/c1-9-5-10(7-11(14)6-9)13(18)16-4-3-15(2)12(17)8-16/h5-7H,3-4,8H2,1-2H3. The van der Waals surface area contributed by atoms with Gasteiger partial charge in [-0.2, -0.15) is 0 Å². The van der Waals surface area contributed by atoms with Crippen molar-refractivity contribution in [2.75, 3.05) is 26.7 Å². The number of hydrogen-bond donors (Lipinski definition) is 0. The lowest BCUT2D eigenvalue weighted by atomic mass is 10.1. The average molecular weight is 311 g/mol. The van der Waals surface area contributed by atoms with Crippen LogP contribution in [0.15, 0.2) is 22.7 Å². The van der Waals surface area contributed by atoms with E-state index >= 15 is 0 Å². The van der Waals surface area contributed by atoms with Crippen LogP contribution >= 0.6 is 15.9 Å². The minimum atomic E-state index is -0.0825. The molecular weight excluding hydrogens is 296 g/mol. The molecule has 1 aliphatic rings. The van der Waals surface area contributed by atoms with Gasteiger partial charge in [-0.1, -0.05) is 15.9 Å². The molecule has 0 aliphatic carbocycles. The highest BCUT2D eigenvalue weighted by Gasteiger charge is 2.25. The first-order valence-corrected chi connectivity index (χ1v) is 6.57. The quantitative estimate of drug-likeness (QED) is 0.791. The van der Waals surface area contributed by atoms with E-state index in [1.807, 2.05) is 19.1 Å². The fourth-order valence-electron chi connectivity index (χ4n) is 1.97. The second kappa shape index (κ2) is 5.10. The second-order valence-electron chi connectivity index (χ2n) is 4.56. The van der Waals surface area contributed by atoms with E-state index in [4.69, 9.17) is 0 Å². The Kier molecular flexibility index (Phi) is 3.71. The van der Waals surface area contributed by atoms with Crippen LogP contribution in [0.1, 0.15) is 15.9 Å². The third-order valence-corrected chi connectivity index (χ3v) is 3.49. The zero-order valence-corrected chi connectivity index (χ0v) is 12.0. The Morgan fingerprint density at radius 1 is 1.28 bits per heavy atom. The molecule has 0 bridgehead atoms. The Bertz CT molecular complexity index is 482. The van der Waals surface area contributed by atoms with Gasteiger partial charge in [0.15, 0.2) is 0 Å². The summed E-state index contributed by atoms with van der Waals surface area (Å²) in [6.45, 7) is 3.29. The minimum absolute atomic E-state index is 0.0127. The highest BCUT2D eigenvalue weighted by molar-refractivity contribution is 9.10. The second-order valence-corrected chi connectivity index (χ2v) is 5.47. The fraction of sp³-hybridized carbons (Fsp3) is 0.385. The van der Waals surface area contributed by atoms with E-state index in [9.17, 15) is 9.59 Å². The van der Waals surface area contributed by atoms with Gasteiger partial charge in [-0.3, -0.25) is 9.59 Å². The fourth-order valence-corrected chi connectivity index (χ4v) is 2.58. The number of carbonyl (C=O) groups is 2. The van der Waals surface area contributed by atoms with Crippen LogP contribution in [0.25, 0.3) is 0 Å². The van der Waals surface area contributed by atoms with Gasteiger partial charge in [0.05, 0.1) is 0 Å². The number of likely N-dealkylation sites (N-methyl/N-ethyl adjacent to an activating group) is 1. The lowest BCUT2D eigenvalue weighted by molar-refractivity contribution is -0.133. The molecule has 0 spiro atoms. The van der Waals surface area contributed by atoms with Crippen molar-refractivity contribution in [3.63, 3.8) is 0 Å². The Hall–Kier alpha value is -1.36. The third kappa shape index (κ3) is 2.72. The van der Waals surface area contributed by atoms with E-state index < -0.39 is 0 Å². The van der Waals surface area contributed by atoms with Gasteiger partial charge in [0.25, 0.3) is 5.91 Å². The largest absolute Gasteiger partial charge is 0.342 e. The Balaban J connectivity index is 2.18. The van der Waals surface area contributed by atoms with Gasteiger partial charge in [-0.05, 0) is 30.7 Å². The van der Waals surface area contributed by atoms with E-state index in [-0.39, 0.29) is 18.4 Å². The summed E-state index contributed by atoms with van der Waals surface area (Å²) in [4.78, 5) is 27.1. The predicted molar refractivity (Wildman–Crippen MR) is 72.4 cm³/mol. The van der Waals surface area contributed by atoms with Crippen molar-refractivity contribution in [1.29, 1.82) is 0 Å². The van der Waals surface area contributed by atoms with E-state index in [1.165, 1.54) is 0 Å². The smallest absolute Gasteiger partial charge is 0.254 e. The normalized spacial score (nSPS) is 16.1.